The summed E-state index contributed by atoms with van der Waals surface area (Å²) in [7, 11) is 0. The van der Waals surface area contributed by atoms with Gasteiger partial charge in [0.15, 0.2) is 5.01 Å². The Morgan fingerprint density at radius 3 is 2.55 bits per heavy atom. The SMILES string of the molecule is CC(C)(C)OC(=O)N1CCC(OC2N=CC(Br)O2)CC1. The van der Waals surface area contributed by atoms with Gasteiger partial charge >= 0.3 is 6.09 Å². The van der Waals surface area contributed by atoms with Crippen molar-refractivity contribution in [3.05, 3.63) is 0 Å². The Balaban J connectivity index is 1.72. The van der Waals surface area contributed by atoms with Crippen LogP contribution in [0.5, 0.6) is 0 Å². The number of amides is 1. The van der Waals surface area contributed by atoms with Crippen molar-refractivity contribution >= 4 is 28.2 Å². The van der Waals surface area contributed by atoms with E-state index in [2.05, 4.69) is 20.9 Å². The fraction of sp³-hybridized carbons (Fsp3) is 0.846. The number of aliphatic imine (C=N–C) groups is 1. The lowest BCUT2D eigenvalue weighted by Gasteiger charge is -2.33. The number of ether oxygens (including phenoxy) is 3. The van der Waals surface area contributed by atoms with E-state index < -0.39 is 12.0 Å². The number of halogens is 1. The molecule has 1 amide bonds. The molecule has 2 aliphatic rings. The molecule has 0 N–H and O–H groups in total. The zero-order valence-corrected chi connectivity index (χ0v) is 13.6. The summed E-state index contributed by atoms with van der Waals surface area (Å²) in [5.41, 5.74) is -0.457. The molecule has 2 unspecified atom stereocenters. The van der Waals surface area contributed by atoms with Gasteiger partial charge in [-0.15, -0.1) is 0 Å². The normalized spacial score (nSPS) is 27.9. The van der Waals surface area contributed by atoms with E-state index in [-0.39, 0.29) is 17.2 Å². The number of carbonyl (C=O) groups is 1. The van der Waals surface area contributed by atoms with E-state index >= 15 is 0 Å². The molecule has 1 fully saturated rings. The molecule has 6 nitrogen and oxygen atoms in total. The molecule has 20 heavy (non-hydrogen) atoms. The molecule has 0 aromatic heterocycles. The molecule has 0 saturated carbocycles. The summed E-state index contributed by atoms with van der Waals surface area (Å²) in [6.45, 7) is 6.87. The maximum atomic E-state index is 11.9. The van der Waals surface area contributed by atoms with Gasteiger partial charge in [-0.05, 0) is 33.6 Å². The zero-order chi connectivity index (χ0) is 14.8. The third-order valence-corrected chi connectivity index (χ3v) is 3.43. The highest BCUT2D eigenvalue weighted by molar-refractivity contribution is 9.09. The molecule has 2 atom stereocenters. The molecule has 2 aliphatic heterocycles. The topological polar surface area (TPSA) is 60.4 Å². The van der Waals surface area contributed by atoms with Crippen LogP contribution >= 0.6 is 15.9 Å². The van der Waals surface area contributed by atoms with Gasteiger partial charge in [-0.25, -0.2) is 9.79 Å². The van der Waals surface area contributed by atoms with E-state index in [1.165, 1.54) is 0 Å². The van der Waals surface area contributed by atoms with Crippen molar-refractivity contribution < 1.29 is 19.0 Å². The molecule has 0 radical (unpaired) electrons. The Labute approximate surface area is 127 Å². The molecule has 7 heteroatoms. The Bertz CT molecular complexity index is 375. The van der Waals surface area contributed by atoms with Crippen LogP contribution in [0.3, 0.4) is 0 Å². The first-order chi connectivity index (χ1) is 9.33. The quantitative estimate of drug-likeness (QED) is 0.719. The lowest BCUT2D eigenvalue weighted by Crippen LogP contribution is -2.44. The van der Waals surface area contributed by atoms with Crippen molar-refractivity contribution in [3.8, 4) is 0 Å². The number of likely N-dealkylation sites (tertiary alicyclic amines) is 1. The van der Waals surface area contributed by atoms with E-state index in [9.17, 15) is 4.79 Å². The van der Waals surface area contributed by atoms with Gasteiger partial charge in [0.2, 0.25) is 0 Å². The molecule has 2 rings (SSSR count). The lowest BCUT2D eigenvalue weighted by molar-refractivity contribution is -0.160. The third kappa shape index (κ3) is 4.71. The molecular formula is C13H21BrN2O4. The maximum Gasteiger partial charge on any atom is 0.410 e. The van der Waals surface area contributed by atoms with Crippen LogP contribution in [0.1, 0.15) is 33.6 Å². The first-order valence-electron chi connectivity index (χ1n) is 6.80. The van der Waals surface area contributed by atoms with Crippen LogP contribution in [0.25, 0.3) is 0 Å². The first kappa shape index (κ1) is 15.7. The lowest BCUT2D eigenvalue weighted by atomic mass is 10.1. The molecule has 0 aliphatic carbocycles. The Morgan fingerprint density at radius 2 is 2.05 bits per heavy atom. The van der Waals surface area contributed by atoms with Crippen LogP contribution in [-0.2, 0) is 14.2 Å². The smallest absolute Gasteiger partial charge is 0.410 e. The van der Waals surface area contributed by atoms with Gasteiger partial charge in [0.05, 0.1) is 6.10 Å². The minimum absolute atomic E-state index is 0.0636. The highest BCUT2D eigenvalue weighted by Gasteiger charge is 2.29. The van der Waals surface area contributed by atoms with Crippen molar-refractivity contribution in [1.29, 1.82) is 0 Å². The third-order valence-electron chi connectivity index (χ3n) is 2.97. The van der Waals surface area contributed by atoms with Crippen LogP contribution in [0.2, 0.25) is 0 Å². The summed E-state index contributed by atoms with van der Waals surface area (Å²) in [6.07, 6.45) is 2.47. The minimum Gasteiger partial charge on any atom is -0.444 e. The number of hydrogen-bond donors (Lipinski definition) is 0. The number of carbonyl (C=O) groups excluding carboxylic acids is 1. The molecule has 2 heterocycles. The fourth-order valence-electron chi connectivity index (χ4n) is 2.05. The fourth-order valence-corrected chi connectivity index (χ4v) is 2.37. The highest BCUT2D eigenvalue weighted by Crippen LogP contribution is 2.21. The standard InChI is InChI=1S/C13H21BrN2O4/c1-13(2,3)20-12(17)16-6-4-9(5-7-16)18-11-15-8-10(14)19-11/h8-11H,4-7H2,1-3H3. The number of hydrogen-bond acceptors (Lipinski definition) is 5. The predicted octanol–water partition coefficient (Wildman–Crippen LogP) is 2.51. The van der Waals surface area contributed by atoms with Gasteiger partial charge in [0.25, 0.3) is 6.41 Å². The zero-order valence-electron chi connectivity index (χ0n) is 12.0. The van der Waals surface area contributed by atoms with Gasteiger partial charge in [-0.3, -0.25) is 0 Å². The maximum absolute atomic E-state index is 11.9. The second-order valence-electron chi connectivity index (χ2n) is 5.90. The van der Waals surface area contributed by atoms with E-state index in [0.717, 1.165) is 12.8 Å². The molecule has 0 spiro atoms. The highest BCUT2D eigenvalue weighted by atomic mass is 79.9. The van der Waals surface area contributed by atoms with Crippen molar-refractivity contribution in [2.75, 3.05) is 13.1 Å². The summed E-state index contributed by atoms with van der Waals surface area (Å²) in [5.74, 6) is 0. The number of nitrogens with zero attached hydrogens (tertiary/aromatic N) is 2. The monoisotopic (exact) mass is 348 g/mol. The van der Waals surface area contributed by atoms with Crippen molar-refractivity contribution in [2.24, 2.45) is 4.99 Å². The summed E-state index contributed by atoms with van der Waals surface area (Å²) in [5, 5.41) is -0.172. The number of rotatable bonds is 2. The second-order valence-corrected chi connectivity index (χ2v) is 6.80. The van der Waals surface area contributed by atoms with E-state index in [1.54, 1.807) is 11.1 Å². The molecule has 0 bridgehead atoms. The van der Waals surface area contributed by atoms with Gasteiger partial charge in [0.1, 0.15) is 5.60 Å². The van der Waals surface area contributed by atoms with E-state index in [1.807, 2.05) is 20.8 Å². The van der Waals surface area contributed by atoms with Gasteiger partial charge < -0.3 is 19.1 Å². The second kappa shape index (κ2) is 6.41. The first-order valence-corrected chi connectivity index (χ1v) is 7.71. The van der Waals surface area contributed by atoms with E-state index in [0.29, 0.717) is 13.1 Å². The molecular weight excluding hydrogens is 328 g/mol. The molecule has 114 valence electrons. The van der Waals surface area contributed by atoms with E-state index in [4.69, 9.17) is 14.2 Å². The van der Waals surface area contributed by atoms with Gasteiger partial charge in [-0.1, -0.05) is 15.9 Å². The average Bonchev–Trinajstić information content (AvgIpc) is 2.73. The Morgan fingerprint density at radius 1 is 1.40 bits per heavy atom. The Kier molecular flexibility index (Phi) is 5.04. The van der Waals surface area contributed by atoms with Crippen LogP contribution in [0.4, 0.5) is 4.79 Å². The number of alkyl halides is 1. The summed E-state index contributed by atoms with van der Waals surface area (Å²) < 4.78 is 16.4. The molecule has 1 saturated heterocycles. The average molecular weight is 349 g/mol. The Hall–Kier alpha value is -0.660. The number of piperidine rings is 1. The van der Waals surface area contributed by atoms with Crippen LogP contribution < -0.4 is 0 Å². The van der Waals surface area contributed by atoms with Crippen LogP contribution in [-0.4, -0.2) is 53.4 Å². The van der Waals surface area contributed by atoms with Crippen LogP contribution in [0, 0.1) is 0 Å². The minimum atomic E-state index is -0.530. The predicted molar refractivity (Wildman–Crippen MR) is 78.0 cm³/mol. The van der Waals surface area contributed by atoms with Crippen molar-refractivity contribution in [1.82, 2.24) is 4.90 Å². The molecule has 0 aromatic carbocycles. The van der Waals surface area contributed by atoms with Crippen LogP contribution in [0.15, 0.2) is 4.99 Å². The van der Waals surface area contributed by atoms with Gasteiger partial charge in [-0.2, -0.15) is 0 Å². The van der Waals surface area contributed by atoms with Crippen molar-refractivity contribution in [3.63, 3.8) is 0 Å². The molecule has 0 aromatic rings. The largest absolute Gasteiger partial charge is 0.444 e. The summed E-state index contributed by atoms with van der Waals surface area (Å²) in [4.78, 5) is 17.7. The van der Waals surface area contributed by atoms with Crippen molar-refractivity contribution in [2.45, 2.75) is 56.7 Å². The summed E-state index contributed by atoms with van der Waals surface area (Å²) >= 11 is 3.28. The summed E-state index contributed by atoms with van der Waals surface area (Å²) in [6, 6.07) is 0. The van der Waals surface area contributed by atoms with Gasteiger partial charge in [0, 0.05) is 19.3 Å².